The molecular formula is C47H56N4O5. The highest BCUT2D eigenvalue weighted by Gasteiger charge is 2.46. The third-order valence-electron chi connectivity index (χ3n) is 11.8. The van der Waals surface area contributed by atoms with Crippen LogP contribution >= 0.6 is 0 Å². The highest BCUT2D eigenvalue weighted by molar-refractivity contribution is 5.17. The van der Waals surface area contributed by atoms with Crippen molar-refractivity contribution in [2.24, 2.45) is 11.8 Å². The molecule has 2 heterocycles. The second-order valence-electron chi connectivity index (χ2n) is 15.8. The maximum absolute atomic E-state index is 6.99. The zero-order valence-corrected chi connectivity index (χ0v) is 32.4. The van der Waals surface area contributed by atoms with Crippen LogP contribution < -0.4 is 0 Å². The van der Waals surface area contributed by atoms with E-state index in [1.54, 1.807) is 0 Å². The van der Waals surface area contributed by atoms with Gasteiger partial charge in [0, 0.05) is 19.6 Å². The van der Waals surface area contributed by atoms with Crippen molar-refractivity contribution < 1.29 is 23.7 Å². The average Bonchev–Trinajstić information content (AvgIpc) is 4.01. The van der Waals surface area contributed by atoms with Gasteiger partial charge in [-0.3, -0.25) is 9.58 Å². The van der Waals surface area contributed by atoms with Crippen LogP contribution in [-0.4, -0.2) is 70.0 Å². The van der Waals surface area contributed by atoms with E-state index in [2.05, 4.69) is 118 Å². The van der Waals surface area contributed by atoms with Crippen LogP contribution in [0.25, 0.3) is 0 Å². The molecule has 2 aliphatic carbocycles. The molecule has 1 saturated heterocycles. The normalized spacial score (nSPS) is 24.8. The minimum absolute atomic E-state index is 0.0822. The molecule has 3 fully saturated rings. The highest BCUT2D eigenvalue weighted by Crippen LogP contribution is 2.46. The fraction of sp³-hybridized carbons (Fsp3) is 0.447. The number of likely N-dealkylation sites (tertiary alicyclic amines) is 1. The lowest BCUT2D eigenvalue weighted by Crippen LogP contribution is -2.64. The number of nitrogens with zero attached hydrogens (tertiary/aromatic N) is 4. The van der Waals surface area contributed by atoms with Crippen LogP contribution in [0.15, 0.2) is 128 Å². The molecule has 7 atom stereocenters. The minimum atomic E-state index is -0.336. The first kappa shape index (κ1) is 38.6. The molecule has 1 aromatic heterocycles. The molecule has 56 heavy (non-hydrogen) atoms. The fourth-order valence-corrected chi connectivity index (χ4v) is 8.84. The number of aromatic nitrogens is 3. The molecule has 0 amide bonds. The van der Waals surface area contributed by atoms with Crippen LogP contribution in [0.1, 0.15) is 60.1 Å². The summed E-state index contributed by atoms with van der Waals surface area (Å²) < 4.78 is 35.6. The second-order valence-corrected chi connectivity index (χ2v) is 15.8. The van der Waals surface area contributed by atoms with Crippen LogP contribution in [0, 0.1) is 11.8 Å². The van der Waals surface area contributed by atoms with Crippen molar-refractivity contribution in [3.8, 4) is 0 Å². The number of aryl methyl sites for hydroxylation is 1. The van der Waals surface area contributed by atoms with Gasteiger partial charge in [0.25, 0.3) is 0 Å². The lowest BCUT2D eigenvalue weighted by molar-refractivity contribution is -0.210. The molecule has 0 spiro atoms. The summed E-state index contributed by atoms with van der Waals surface area (Å²) in [7, 11) is 0. The first-order valence-corrected chi connectivity index (χ1v) is 20.6. The summed E-state index contributed by atoms with van der Waals surface area (Å²) in [5.41, 5.74) is 5.40. The predicted molar refractivity (Wildman–Crippen MR) is 215 cm³/mol. The SMILES string of the molecule is c1ccc(COC[C@@H]2[C@@H](OCc3ccccc3)[C@H](OCc3ccccc3)[C@@H](OCc3ccccc3)CN2CCCn2cc(CO[C@H]3C[C@@H]4CC[C@H]3C4)nn2)cc1. The highest BCUT2D eigenvalue weighted by atomic mass is 16.6. The fourth-order valence-electron chi connectivity index (χ4n) is 8.84. The van der Waals surface area contributed by atoms with Gasteiger partial charge in [-0.2, -0.15) is 0 Å². The standard InChI is InChI=1S/C47H56N4O5/c1-5-14-36(15-6-1)30-52-35-43-46(55-32-38-18-9-3-10-19-38)47(56-33-39-20-11-4-12-21-39)45(53-31-37-16-7-2-8-17-37)29-50(43)24-13-25-51-28-42(48-49-51)34-54-44-27-40-22-23-41(44)26-40/h1-12,14-21,28,40-41,43-47H,13,22-27,29-35H2/t40-,41+,43-,44+,45+,46-,47-/m1/s1. The molecule has 9 nitrogen and oxygen atoms in total. The predicted octanol–water partition coefficient (Wildman–Crippen LogP) is 8.03. The van der Waals surface area contributed by atoms with Crippen LogP contribution in [-0.2, 0) is 63.3 Å². The van der Waals surface area contributed by atoms with Gasteiger partial charge in [-0.1, -0.05) is 127 Å². The molecule has 3 aliphatic rings. The zero-order chi connectivity index (χ0) is 37.8. The minimum Gasteiger partial charge on any atom is -0.375 e. The number of hydrogen-bond acceptors (Lipinski definition) is 8. The molecular weight excluding hydrogens is 701 g/mol. The number of fused-ring (bicyclic) bond motifs is 2. The third-order valence-corrected chi connectivity index (χ3v) is 11.8. The van der Waals surface area contributed by atoms with Crippen molar-refractivity contribution in [1.82, 2.24) is 19.9 Å². The Kier molecular flexibility index (Phi) is 13.6. The van der Waals surface area contributed by atoms with Crippen molar-refractivity contribution in [3.63, 3.8) is 0 Å². The Morgan fingerprint density at radius 2 is 1.12 bits per heavy atom. The van der Waals surface area contributed by atoms with Gasteiger partial charge >= 0.3 is 0 Å². The van der Waals surface area contributed by atoms with Crippen LogP contribution in [0.4, 0.5) is 0 Å². The van der Waals surface area contributed by atoms with Gasteiger partial charge in [-0.05, 0) is 66.2 Å². The number of piperidine rings is 1. The van der Waals surface area contributed by atoms with Crippen LogP contribution in [0.5, 0.6) is 0 Å². The van der Waals surface area contributed by atoms with Crippen molar-refractivity contribution in [2.75, 3.05) is 19.7 Å². The summed E-state index contributed by atoms with van der Waals surface area (Å²) in [5, 5.41) is 8.96. The van der Waals surface area contributed by atoms with Gasteiger partial charge in [0.1, 0.15) is 17.9 Å². The van der Waals surface area contributed by atoms with E-state index in [0.29, 0.717) is 52.3 Å². The summed E-state index contributed by atoms with van der Waals surface area (Å²) in [4.78, 5) is 2.49. The molecule has 4 aromatic carbocycles. The van der Waals surface area contributed by atoms with Gasteiger partial charge in [-0.25, -0.2) is 0 Å². The second kappa shape index (κ2) is 19.8. The van der Waals surface area contributed by atoms with Gasteiger partial charge < -0.3 is 23.7 Å². The van der Waals surface area contributed by atoms with Gasteiger partial charge in [0.15, 0.2) is 0 Å². The molecule has 2 bridgehead atoms. The Labute approximate surface area is 331 Å². The Morgan fingerprint density at radius 3 is 1.71 bits per heavy atom. The molecule has 294 valence electrons. The van der Waals surface area contributed by atoms with E-state index in [-0.39, 0.29) is 24.4 Å². The van der Waals surface area contributed by atoms with E-state index in [0.717, 1.165) is 59.3 Å². The Morgan fingerprint density at radius 1 is 0.554 bits per heavy atom. The number of rotatable bonds is 20. The van der Waals surface area contributed by atoms with Gasteiger partial charge in [0.2, 0.25) is 0 Å². The molecule has 8 rings (SSSR count). The Bertz CT molecular complexity index is 1860. The molecule has 0 unspecified atom stereocenters. The van der Waals surface area contributed by atoms with Gasteiger partial charge in [0.05, 0.1) is 64.1 Å². The Balaban J connectivity index is 1.00. The summed E-state index contributed by atoms with van der Waals surface area (Å²) in [6.07, 6.45) is 7.62. The quantitative estimate of drug-likeness (QED) is 0.0791. The topological polar surface area (TPSA) is 80.1 Å². The van der Waals surface area contributed by atoms with E-state index < -0.39 is 0 Å². The van der Waals surface area contributed by atoms with Crippen LogP contribution in [0.2, 0.25) is 0 Å². The molecule has 9 heteroatoms. The summed E-state index contributed by atoms with van der Waals surface area (Å²) in [6.45, 7) is 5.16. The maximum Gasteiger partial charge on any atom is 0.113 e. The van der Waals surface area contributed by atoms with E-state index in [4.69, 9.17) is 23.7 Å². The Hall–Kier alpha value is -4.22. The van der Waals surface area contributed by atoms with Crippen LogP contribution in [0.3, 0.4) is 0 Å². The molecule has 1 aliphatic heterocycles. The van der Waals surface area contributed by atoms with Crippen molar-refractivity contribution >= 4 is 0 Å². The first-order chi connectivity index (χ1) is 27.7. The average molecular weight is 757 g/mol. The van der Waals surface area contributed by atoms with E-state index >= 15 is 0 Å². The molecule has 0 N–H and O–H groups in total. The molecule has 0 radical (unpaired) electrons. The lowest BCUT2D eigenvalue weighted by atomic mass is 9.92. The van der Waals surface area contributed by atoms with Gasteiger partial charge in [-0.15, -0.1) is 5.10 Å². The maximum atomic E-state index is 6.99. The van der Waals surface area contributed by atoms with Crippen molar-refractivity contribution in [3.05, 3.63) is 155 Å². The summed E-state index contributed by atoms with van der Waals surface area (Å²) in [6, 6.07) is 41.4. The lowest BCUT2D eigenvalue weighted by Gasteiger charge is -2.48. The van der Waals surface area contributed by atoms with Crippen molar-refractivity contribution in [2.45, 2.75) is 102 Å². The molecule has 2 saturated carbocycles. The van der Waals surface area contributed by atoms with E-state index in [9.17, 15) is 0 Å². The molecule has 5 aromatic rings. The number of benzene rings is 4. The zero-order valence-electron chi connectivity index (χ0n) is 32.4. The number of hydrogen-bond donors (Lipinski definition) is 0. The third kappa shape index (κ3) is 10.6. The first-order valence-electron chi connectivity index (χ1n) is 20.6. The van der Waals surface area contributed by atoms with E-state index in [1.807, 2.05) is 28.9 Å². The monoisotopic (exact) mass is 756 g/mol. The van der Waals surface area contributed by atoms with E-state index in [1.165, 1.54) is 25.7 Å². The summed E-state index contributed by atoms with van der Waals surface area (Å²) >= 11 is 0. The smallest absolute Gasteiger partial charge is 0.113 e. The summed E-state index contributed by atoms with van der Waals surface area (Å²) in [5.74, 6) is 1.59. The van der Waals surface area contributed by atoms with Crippen molar-refractivity contribution in [1.29, 1.82) is 0 Å². The number of ether oxygens (including phenoxy) is 5. The largest absolute Gasteiger partial charge is 0.375 e.